The first-order chi connectivity index (χ1) is 8.00. The molecule has 0 atom stereocenters. The van der Waals surface area contributed by atoms with E-state index < -0.39 is 11.9 Å². The monoisotopic (exact) mass is 301 g/mol. The molecule has 0 radical (unpaired) electrons. The minimum Gasteiger partial charge on any atom is -0.507 e. The molecule has 1 aromatic rings. The van der Waals surface area contributed by atoms with E-state index in [1.807, 2.05) is 0 Å². The van der Waals surface area contributed by atoms with Crippen molar-refractivity contribution in [2.75, 3.05) is 6.54 Å². The Kier molecular flexibility index (Phi) is 4.96. The molecule has 3 N–H and O–H groups in total. The van der Waals surface area contributed by atoms with Gasteiger partial charge in [0.2, 0.25) is 0 Å². The predicted molar refractivity (Wildman–Crippen MR) is 65.0 cm³/mol. The van der Waals surface area contributed by atoms with Crippen LogP contribution in [0.3, 0.4) is 0 Å². The maximum atomic E-state index is 11.6. The zero-order valence-electron chi connectivity index (χ0n) is 8.94. The summed E-state index contributed by atoms with van der Waals surface area (Å²) in [6.07, 6.45) is 0.366. The van der Waals surface area contributed by atoms with Gasteiger partial charge in [-0.15, -0.1) is 0 Å². The maximum absolute atomic E-state index is 11.6. The molecule has 0 aliphatic heterocycles. The Balaban J connectivity index is 2.50. The van der Waals surface area contributed by atoms with E-state index in [1.54, 1.807) is 6.07 Å². The van der Waals surface area contributed by atoms with Crippen molar-refractivity contribution < 1.29 is 19.8 Å². The minimum atomic E-state index is -0.897. The fraction of sp³-hybridized carbons (Fsp3) is 0.273. The van der Waals surface area contributed by atoms with E-state index in [4.69, 9.17) is 5.11 Å². The Labute approximate surface area is 107 Å². The average Bonchev–Trinajstić information content (AvgIpc) is 2.23. The Morgan fingerprint density at radius 1 is 1.35 bits per heavy atom. The van der Waals surface area contributed by atoms with E-state index in [-0.39, 0.29) is 24.3 Å². The molecule has 0 spiro atoms. The van der Waals surface area contributed by atoms with Crippen LogP contribution in [0.2, 0.25) is 0 Å². The number of aliphatic carboxylic acids is 1. The van der Waals surface area contributed by atoms with Gasteiger partial charge in [-0.25, -0.2) is 0 Å². The van der Waals surface area contributed by atoms with Crippen LogP contribution in [0.5, 0.6) is 5.75 Å². The number of benzene rings is 1. The number of carbonyl (C=O) groups excluding carboxylic acids is 1. The Morgan fingerprint density at radius 3 is 2.65 bits per heavy atom. The van der Waals surface area contributed by atoms with Gasteiger partial charge in [-0.05, 0) is 24.6 Å². The third kappa shape index (κ3) is 4.44. The lowest BCUT2D eigenvalue weighted by Crippen LogP contribution is -2.24. The first-order valence-electron chi connectivity index (χ1n) is 4.99. The summed E-state index contributed by atoms with van der Waals surface area (Å²) in [7, 11) is 0. The number of phenols is 1. The highest BCUT2D eigenvalue weighted by atomic mass is 79.9. The van der Waals surface area contributed by atoms with Gasteiger partial charge in [-0.1, -0.05) is 15.9 Å². The number of carboxylic acids is 1. The summed E-state index contributed by atoms with van der Waals surface area (Å²) in [4.78, 5) is 21.8. The molecule has 0 unspecified atom stereocenters. The Hall–Kier alpha value is -1.56. The second-order valence-corrected chi connectivity index (χ2v) is 4.33. The molecule has 6 heteroatoms. The van der Waals surface area contributed by atoms with Gasteiger partial charge in [-0.3, -0.25) is 9.59 Å². The van der Waals surface area contributed by atoms with Crippen molar-refractivity contribution in [3.8, 4) is 5.75 Å². The first-order valence-corrected chi connectivity index (χ1v) is 5.78. The molecule has 0 fully saturated rings. The minimum absolute atomic E-state index is 0.00655. The van der Waals surface area contributed by atoms with Gasteiger partial charge in [0.1, 0.15) is 5.75 Å². The molecule has 0 aromatic heterocycles. The average molecular weight is 302 g/mol. The smallest absolute Gasteiger partial charge is 0.303 e. The maximum Gasteiger partial charge on any atom is 0.303 e. The SMILES string of the molecule is O=C(O)CCCNC(=O)c1ccc(Br)cc1O. The summed E-state index contributed by atoms with van der Waals surface area (Å²) < 4.78 is 0.678. The van der Waals surface area contributed by atoms with Gasteiger partial charge in [0.15, 0.2) is 0 Å². The van der Waals surface area contributed by atoms with Crippen LogP contribution in [0.4, 0.5) is 0 Å². The van der Waals surface area contributed by atoms with E-state index in [0.29, 0.717) is 10.9 Å². The number of halogens is 1. The number of nitrogens with one attached hydrogen (secondary N) is 1. The second-order valence-electron chi connectivity index (χ2n) is 3.41. The van der Waals surface area contributed by atoms with Crippen molar-refractivity contribution in [3.63, 3.8) is 0 Å². The van der Waals surface area contributed by atoms with Crippen LogP contribution in [-0.2, 0) is 4.79 Å². The second kappa shape index (κ2) is 6.24. The van der Waals surface area contributed by atoms with E-state index in [2.05, 4.69) is 21.2 Å². The molecule has 17 heavy (non-hydrogen) atoms. The van der Waals surface area contributed by atoms with Crippen molar-refractivity contribution >= 4 is 27.8 Å². The number of hydrogen-bond acceptors (Lipinski definition) is 3. The van der Waals surface area contributed by atoms with Gasteiger partial charge in [0.25, 0.3) is 5.91 Å². The van der Waals surface area contributed by atoms with Gasteiger partial charge in [0, 0.05) is 17.4 Å². The topological polar surface area (TPSA) is 86.6 Å². The molecule has 92 valence electrons. The third-order valence-electron chi connectivity index (χ3n) is 2.06. The van der Waals surface area contributed by atoms with Crippen LogP contribution < -0.4 is 5.32 Å². The van der Waals surface area contributed by atoms with Crippen molar-refractivity contribution in [2.45, 2.75) is 12.8 Å². The number of hydrogen-bond donors (Lipinski definition) is 3. The highest BCUT2D eigenvalue weighted by Crippen LogP contribution is 2.21. The molecule has 1 rings (SSSR count). The number of carbonyl (C=O) groups is 2. The van der Waals surface area contributed by atoms with Crippen molar-refractivity contribution in [2.24, 2.45) is 0 Å². The summed E-state index contributed by atoms with van der Waals surface area (Å²) >= 11 is 3.17. The lowest BCUT2D eigenvalue weighted by Gasteiger charge is -2.06. The molecular weight excluding hydrogens is 290 g/mol. The molecule has 1 amide bonds. The van der Waals surface area contributed by atoms with E-state index in [9.17, 15) is 14.7 Å². The fourth-order valence-corrected chi connectivity index (χ4v) is 1.58. The number of phenolic OH excluding ortho intramolecular Hbond substituents is 1. The number of carboxylic acid groups (broad SMARTS) is 1. The summed E-state index contributed by atoms with van der Waals surface area (Å²) in [6, 6.07) is 4.56. The first kappa shape index (κ1) is 13.5. The van der Waals surface area contributed by atoms with E-state index in [1.165, 1.54) is 12.1 Å². The zero-order valence-corrected chi connectivity index (χ0v) is 10.5. The summed E-state index contributed by atoms with van der Waals surface area (Å²) in [6.45, 7) is 0.265. The summed E-state index contributed by atoms with van der Waals surface area (Å²) in [5.74, 6) is -1.43. The molecule has 0 saturated heterocycles. The molecule has 0 bridgehead atoms. The third-order valence-corrected chi connectivity index (χ3v) is 2.55. The quantitative estimate of drug-likeness (QED) is 0.723. The van der Waals surface area contributed by atoms with E-state index >= 15 is 0 Å². The lowest BCUT2D eigenvalue weighted by molar-refractivity contribution is -0.137. The summed E-state index contributed by atoms with van der Waals surface area (Å²) in [5, 5.41) is 20.5. The lowest BCUT2D eigenvalue weighted by atomic mass is 10.2. The predicted octanol–water partition coefficient (Wildman–Crippen LogP) is 1.75. The van der Waals surface area contributed by atoms with Crippen molar-refractivity contribution in [1.29, 1.82) is 0 Å². The summed E-state index contributed by atoms with van der Waals surface area (Å²) in [5.41, 5.74) is 0.170. The Bertz CT molecular complexity index is 433. The molecule has 0 aliphatic carbocycles. The highest BCUT2D eigenvalue weighted by molar-refractivity contribution is 9.10. The largest absolute Gasteiger partial charge is 0.507 e. The molecule has 0 saturated carbocycles. The van der Waals surface area contributed by atoms with E-state index in [0.717, 1.165) is 0 Å². The zero-order chi connectivity index (χ0) is 12.8. The highest BCUT2D eigenvalue weighted by Gasteiger charge is 2.10. The standard InChI is InChI=1S/C11H12BrNO4/c12-7-3-4-8(9(14)6-7)11(17)13-5-1-2-10(15)16/h3-4,6,14H,1-2,5H2,(H,13,17)(H,15,16). The number of rotatable bonds is 5. The van der Waals surface area contributed by atoms with Crippen LogP contribution in [0.25, 0.3) is 0 Å². The number of aromatic hydroxyl groups is 1. The van der Waals surface area contributed by atoms with Crippen LogP contribution in [-0.4, -0.2) is 28.6 Å². The molecule has 5 nitrogen and oxygen atoms in total. The Morgan fingerprint density at radius 2 is 2.06 bits per heavy atom. The van der Waals surface area contributed by atoms with Crippen LogP contribution in [0.15, 0.2) is 22.7 Å². The molecule has 1 aromatic carbocycles. The molecule has 0 aliphatic rings. The van der Waals surface area contributed by atoms with Crippen LogP contribution in [0.1, 0.15) is 23.2 Å². The van der Waals surface area contributed by atoms with Gasteiger partial charge in [0.05, 0.1) is 5.56 Å². The fourth-order valence-electron chi connectivity index (χ4n) is 1.23. The molecular formula is C11H12BrNO4. The van der Waals surface area contributed by atoms with Crippen LogP contribution in [0, 0.1) is 0 Å². The molecule has 0 heterocycles. The number of amides is 1. The normalized spacial score (nSPS) is 9.94. The van der Waals surface area contributed by atoms with Crippen LogP contribution >= 0.6 is 15.9 Å². The van der Waals surface area contributed by atoms with Crippen molar-refractivity contribution in [1.82, 2.24) is 5.32 Å². The van der Waals surface area contributed by atoms with Gasteiger partial charge >= 0.3 is 5.97 Å². The van der Waals surface area contributed by atoms with Gasteiger partial charge < -0.3 is 15.5 Å². The van der Waals surface area contributed by atoms with Crippen molar-refractivity contribution in [3.05, 3.63) is 28.2 Å². The van der Waals surface area contributed by atoms with Gasteiger partial charge in [-0.2, -0.15) is 0 Å².